The quantitative estimate of drug-likeness (QED) is 0.285. The van der Waals surface area contributed by atoms with Gasteiger partial charge in [0.2, 0.25) is 0 Å². The van der Waals surface area contributed by atoms with Gasteiger partial charge < -0.3 is 9.50 Å². The van der Waals surface area contributed by atoms with E-state index in [1.165, 1.54) is 37.5 Å². The molecule has 1 fully saturated rings. The Morgan fingerprint density at radius 3 is 2.56 bits per heavy atom. The first-order valence-electron chi connectivity index (χ1n) is 11.1. The van der Waals surface area contributed by atoms with E-state index in [4.69, 9.17) is 32.4 Å². The maximum Gasteiger partial charge on any atom is 0.340 e. The van der Waals surface area contributed by atoms with Crippen molar-refractivity contribution >= 4 is 44.8 Å². The number of halogens is 2. The monoisotopic (exact) mass is 515 g/mol. The molecule has 1 saturated carbocycles. The van der Waals surface area contributed by atoms with Gasteiger partial charge in [0.1, 0.15) is 22.1 Å². The van der Waals surface area contributed by atoms with Crippen molar-refractivity contribution in [2.24, 2.45) is 0 Å². The predicted molar refractivity (Wildman–Crippen MR) is 135 cm³/mol. The molecule has 0 unspecified atom stereocenters. The lowest BCUT2D eigenvalue weighted by Crippen LogP contribution is -2.23. The summed E-state index contributed by atoms with van der Waals surface area (Å²) in [4.78, 5) is 4.63. The van der Waals surface area contributed by atoms with Gasteiger partial charge in [-0.2, -0.15) is 8.42 Å². The molecule has 1 aliphatic carbocycles. The predicted octanol–water partition coefficient (Wildman–Crippen LogP) is 6.82. The molecule has 0 aliphatic heterocycles. The molecule has 34 heavy (non-hydrogen) atoms. The van der Waals surface area contributed by atoms with Crippen molar-refractivity contribution in [3.63, 3.8) is 0 Å². The summed E-state index contributed by atoms with van der Waals surface area (Å²) in [5, 5.41) is 3.95. The third kappa shape index (κ3) is 4.60. The molecule has 0 bridgehead atoms. The maximum absolute atomic E-state index is 13.1. The zero-order valence-electron chi connectivity index (χ0n) is 18.2. The summed E-state index contributed by atoms with van der Waals surface area (Å²) in [7, 11) is -4.24. The normalized spacial score (nSPS) is 14.9. The van der Waals surface area contributed by atoms with Gasteiger partial charge in [-0.15, -0.1) is 0 Å². The number of benzene rings is 2. The van der Waals surface area contributed by atoms with Crippen LogP contribution in [0.3, 0.4) is 0 Å². The fourth-order valence-corrected chi connectivity index (χ4v) is 6.02. The second-order valence-corrected chi connectivity index (χ2v) is 10.7. The molecule has 176 valence electrons. The molecule has 0 saturated heterocycles. The smallest absolute Gasteiger partial charge is 0.340 e. The van der Waals surface area contributed by atoms with Gasteiger partial charge in [0.05, 0.1) is 5.02 Å². The molecule has 0 atom stereocenters. The van der Waals surface area contributed by atoms with Crippen molar-refractivity contribution in [1.29, 1.82) is 0 Å². The first kappa shape index (κ1) is 23.0. The minimum absolute atomic E-state index is 0.0364. The zero-order valence-corrected chi connectivity index (χ0v) is 20.6. The van der Waals surface area contributed by atoms with Crippen LogP contribution in [-0.2, 0) is 10.1 Å². The number of hydrogen-bond donors (Lipinski definition) is 1. The number of fused-ring (bicyclic) bond motifs is 1. The summed E-state index contributed by atoms with van der Waals surface area (Å²) < 4.78 is 33.8. The number of para-hydroxylation sites is 1. The molecule has 4 aromatic rings. The molecule has 2 aromatic heterocycles. The highest BCUT2D eigenvalue weighted by Gasteiger charge is 2.26. The number of rotatable bonds is 6. The van der Waals surface area contributed by atoms with Crippen molar-refractivity contribution in [3.05, 3.63) is 76.9 Å². The molecule has 2 aromatic carbocycles. The van der Waals surface area contributed by atoms with Crippen LogP contribution in [0.1, 0.15) is 32.1 Å². The van der Waals surface area contributed by atoms with Crippen LogP contribution >= 0.6 is 23.2 Å². The Morgan fingerprint density at radius 2 is 1.74 bits per heavy atom. The Kier molecular flexibility index (Phi) is 6.42. The van der Waals surface area contributed by atoms with Crippen LogP contribution in [-0.4, -0.2) is 23.8 Å². The minimum Gasteiger partial charge on any atom is -0.378 e. The highest BCUT2D eigenvalue weighted by atomic mass is 35.5. The van der Waals surface area contributed by atoms with Crippen molar-refractivity contribution in [3.8, 4) is 17.0 Å². The Hall–Kier alpha value is -2.74. The number of nitrogens with zero attached hydrogens (tertiary/aromatic N) is 2. The van der Waals surface area contributed by atoms with E-state index in [-0.39, 0.29) is 20.7 Å². The van der Waals surface area contributed by atoms with Crippen molar-refractivity contribution in [2.45, 2.75) is 43.0 Å². The van der Waals surface area contributed by atoms with Crippen LogP contribution in [0.4, 0.5) is 5.82 Å². The van der Waals surface area contributed by atoms with Gasteiger partial charge in [-0.1, -0.05) is 60.7 Å². The zero-order chi connectivity index (χ0) is 23.7. The van der Waals surface area contributed by atoms with Gasteiger partial charge in [-0.05, 0) is 55.3 Å². The van der Waals surface area contributed by atoms with E-state index in [1.807, 2.05) is 34.9 Å². The van der Waals surface area contributed by atoms with E-state index in [9.17, 15) is 8.42 Å². The third-order valence-corrected chi connectivity index (χ3v) is 7.93. The van der Waals surface area contributed by atoms with Crippen LogP contribution in [0.2, 0.25) is 10.0 Å². The Balaban J connectivity index is 1.59. The summed E-state index contributed by atoms with van der Waals surface area (Å²) in [6.07, 6.45) is 7.73. The van der Waals surface area contributed by atoms with Gasteiger partial charge in [-0.25, -0.2) is 4.98 Å². The number of nitrogens with one attached hydrogen (secondary N) is 1. The molecule has 1 aliphatic rings. The van der Waals surface area contributed by atoms with Crippen LogP contribution in [0.25, 0.3) is 16.9 Å². The van der Waals surface area contributed by atoms with Gasteiger partial charge in [-0.3, -0.25) is 4.40 Å². The summed E-state index contributed by atoms with van der Waals surface area (Å²) >= 11 is 12.2. The molecule has 5 rings (SSSR count). The highest BCUT2D eigenvalue weighted by molar-refractivity contribution is 7.87. The molecular formula is C25H23Cl2N3O3S. The molecular weight excluding hydrogens is 493 g/mol. The summed E-state index contributed by atoms with van der Waals surface area (Å²) in [5.41, 5.74) is 1.94. The van der Waals surface area contributed by atoms with E-state index in [0.29, 0.717) is 17.3 Å². The Bertz CT molecular complexity index is 1450. The van der Waals surface area contributed by atoms with Gasteiger partial charge in [0.15, 0.2) is 5.75 Å². The fraction of sp³-hybridized carbons (Fsp3) is 0.240. The summed E-state index contributed by atoms with van der Waals surface area (Å²) in [5.74, 6) is 0.977. The first-order valence-corrected chi connectivity index (χ1v) is 13.3. The number of anilines is 1. The fourth-order valence-electron chi connectivity index (χ4n) is 4.33. The van der Waals surface area contributed by atoms with E-state index in [0.717, 1.165) is 24.3 Å². The lowest BCUT2D eigenvalue weighted by molar-refractivity contribution is 0.461. The number of imidazole rings is 1. The largest absolute Gasteiger partial charge is 0.378 e. The van der Waals surface area contributed by atoms with E-state index in [1.54, 1.807) is 18.2 Å². The number of aromatic nitrogens is 2. The number of hydrogen-bond acceptors (Lipinski definition) is 5. The van der Waals surface area contributed by atoms with E-state index in [2.05, 4.69) is 5.32 Å². The molecule has 0 radical (unpaired) electrons. The SMILES string of the molecule is O=S(=O)(Oc1ccccc1-c1nc2ccccn2c1NC1CCCCC1)c1cc(Cl)ccc1Cl. The second-order valence-electron chi connectivity index (χ2n) is 8.33. The molecule has 2 heterocycles. The highest BCUT2D eigenvalue weighted by Crippen LogP contribution is 2.38. The molecule has 6 nitrogen and oxygen atoms in total. The molecule has 0 amide bonds. The minimum atomic E-state index is -4.24. The second kappa shape index (κ2) is 9.49. The lowest BCUT2D eigenvalue weighted by atomic mass is 9.95. The van der Waals surface area contributed by atoms with Crippen LogP contribution < -0.4 is 9.50 Å². The van der Waals surface area contributed by atoms with Gasteiger partial charge in [0.25, 0.3) is 0 Å². The van der Waals surface area contributed by atoms with E-state index < -0.39 is 10.1 Å². The average molecular weight is 516 g/mol. The van der Waals surface area contributed by atoms with Crippen LogP contribution in [0, 0.1) is 0 Å². The van der Waals surface area contributed by atoms with Gasteiger partial charge >= 0.3 is 10.1 Å². The van der Waals surface area contributed by atoms with Crippen LogP contribution in [0.15, 0.2) is 71.8 Å². The van der Waals surface area contributed by atoms with Crippen molar-refractivity contribution in [1.82, 2.24) is 9.38 Å². The summed E-state index contributed by atoms with van der Waals surface area (Å²) in [6, 6.07) is 17.3. The lowest BCUT2D eigenvalue weighted by Gasteiger charge is -2.24. The van der Waals surface area contributed by atoms with Crippen LogP contribution in [0.5, 0.6) is 5.75 Å². The van der Waals surface area contributed by atoms with E-state index >= 15 is 0 Å². The standard InChI is InChI=1S/C25H23Cl2N3O3S/c26-17-13-14-20(27)22(16-17)34(31,32)33-21-11-5-4-10-19(21)24-25(28-18-8-2-1-3-9-18)30-15-7-6-12-23(30)29-24/h4-7,10-16,18,28H,1-3,8-9H2. The Labute approximate surface area is 208 Å². The van der Waals surface area contributed by atoms with Crippen molar-refractivity contribution < 1.29 is 12.6 Å². The third-order valence-electron chi connectivity index (χ3n) is 5.98. The molecule has 0 spiro atoms. The number of pyridine rings is 1. The van der Waals surface area contributed by atoms with Gasteiger partial charge in [0, 0.05) is 22.8 Å². The molecule has 1 N–H and O–H groups in total. The first-order chi connectivity index (χ1) is 16.4. The average Bonchev–Trinajstić information content (AvgIpc) is 3.19. The topological polar surface area (TPSA) is 72.7 Å². The molecule has 9 heteroatoms. The Morgan fingerprint density at radius 1 is 0.971 bits per heavy atom. The summed E-state index contributed by atoms with van der Waals surface area (Å²) in [6.45, 7) is 0. The van der Waals surface area contributed by atoms with Crippen molar-refractivity contribution in [2.75, 3.05) is 5.32 Å². The maximum atomic E-state index is 13.1.